The van der Waals surface area contributed by atoms with Gasteiger partial charge in [0, 0.05) is 17.0 Å². The van der Waals surface area contributed by atoms with Crippen molar-refractivity contribution in [2.45, 2.75) is 59.0 Å². The van der Waals surface area contributed by atoms with E-state index in [9.17, 15) is 0 Å². The summed E-state index contributed by atoms with van der Waals surface area (Å²) in [7, 11) is 0. The molecule has 4 unspecified atom stereocenters. The second-order valence-corrected chi connectivity index (χ2v) is 9.13. The van der Waals surface area contributed by atoms with Crippen molar-refractivity contribution in [2.24, 2.45) is 16.7 Å². The Morgan fingerprint density at radius 2 is 2.11 bits per heavy atom. The Morgan fingerprint density at radius 3 is 2.63 bits per heavy atom. The van der Waals surface area contributed by atoms with E-state index in [1.807, 2.05) is 6.07 Å². The minimum Gasteiger partial charge on any atom is -0.306 e. The van der Waals surface area contributed by atoms with Gasteiger partial charge in [0.25, 0.3) is 0 Å². The minimum atomic E-state index is 0.401. The molecular weight excluding hydrogens is 274 g/mol. The molecule has 1 N–H and O–H groups in total. The molecule has 0 amide bonds. The van der Waals surface area contributed by atoms with Gasteiger partial charge in [-0.05, 0) is 55.1 Å². The first-order valence-electron chi connectivity index (χ1n) is 7.34. The lowest BCUT2D eigenvalue weighted by Crippen LogP contribution is -2.50. The Bertz CT molecular complexity index is 476. The first kappa shape index (κ1) is 13.9. The van der Waals surface area contributed by atoms with Crippen LogP contribution in [0.3, 0.4) is 0 Å². The van der Waals surface area contributed by atoms with E-state index in [1.54, 1.807) is 11.3 Å². The highest BCUT2D eigenvalue weighted by Gasteiger charge is 2.59. The molecule has 3 rings (SSSR count). The fourth-order valence-electron chi connectivity index (χ4n) is 4.61. The maximum absolute atomic E-state index is 6.06. The molecule has 4 atom stereocenters. The Balaban J connectivity index is 1.79. The minimum absolute atomic E-state index is 0.401. The Morgan fingerprint density at radius 1 is 1.37 bits per heavy atom. The zero-order chi connectivity index (χ0) is 13.8. The molecule has 0 aromatic carbocycles. The fraction of sp³-hybridized carbons (Fsp3) is 0.750. The summed E-state index contributed by atoms with van der Waals surface area (Å²) in [6.07, 6.45) is 4.20. The van der Waals surface area contributed by atoms with E-state index in [4.69, 9.17) is 11.6 Å². The topological polar surface area (TPSA) is 12.0 Å². The van der Waals surface area contributed by atoms with Crippen LogP contribution in [0.2, 0.25) is 4.34 Å². The summed E-state index contributed by atoms with van der Waals surface area (Å²) in [5.41, 5.74) is 0.909. The third-order valence-electron chi connectivity index (χ3n) is 5.71. The van der Waals surface area contributed by atoms with Crippen molar-refractivity contribution < 1.29 is 0 Å². The summed E-state index contributed by atoms with van der Waals surface area (Å²) >= 11 is 7.76. The zero-order valence-electron chi connectivity index (χ0n) is 12.3. The second-order valence-electron chi connectivity index (χ2n) is 7.38. The number of rotatable bonds is 3. The van der Waals surface area contributed by atoms with Gasteiger partial charge in [0.2, 0.25) is 0 Å². The second kappa shape index (κ2) is 4.47. The van der Waals surface area contributed by atoms with Gasteiger partial charge in [-0.1, -0.05) is 32.4 Å². The van der Waals surface area contributed by atoms with Crippen LogP contribution in [-0.2, 0) is 0 Å². The third kappa shape index (κ3) is 2.16. The van der Waals surface area contributed by atoms with Crippen molar-refractivity contribution in [1.29, 1.82) is 0 Å². The quantitative estimate of drug-likeness (QED) is 0.801. The molecule has 19 heavy (non-hydrogen) atoms. The van der Waals surface area contributed by atoms with E-state index < -0.39 is 0 Å². The van der Waals surface area contributed by atoms with Crippen LogP contribution >= 0.6 is 22.9 Å². The molecule has 2 aliphatic carbocycles. The predicted molar refractivity (Wildman–Crippen MR) is 83.9 cm³/mol. The molecule has 1 nitrogen and oxygen atoms in total. The highest BCUT2D eigenvalue weighted by molar-refractivity contribution is 7.16. The Hall–Kier alpha value is -0.0500. The van der Waals surface area contributed by atoms with Crippen LogP contribution in [0.15, 0.2) is 12.1 Å². The molecule has 2 fully saturated rings. The van der Waals surface area contributed by atoms with Gasteiger partial charge in [-0.25, -0.2) is 0 Å². The first-order chi connectivity index (χ1) is 8.83. The van der Waals surface area contributed by atoms with Crippen LogP contribution < -0.4 is 5.32 Å². The van der Waals surface area contributed by atoms with Gasteiger partial charge < -0.3 is 5.32 Å². The summed E-state index contributed by atoms with van der Waals surface area (Å²) in [4.78, 5) is 1.35. The zero-order valence-corrected chi connectivity index (χ0v) is 13.9. The molecule has 0 aliphatic heterocycles. The molecule has 0 spiro atoms. The van der Waals surface area contributed by atoms with Gasteiger partial charge in [0.05, 0.1) is 4.34 Å². The van der Waals surface area contributed by atoms with E-state index in [-0.39, 0.29) is 0 Å². The molecule has 0 saturated heterocycles. The van der Waals surface area contributed by atoms with Gasteiger partial charge in [-0.15, -0.1) is 11.3 Å². The number of halogens is 1. The van der Waals surface area contributed by atoms with Crippen molar-refractivity contribution in [3.8, 4) is 0 Å². The van der Waals surface area contributed by atoms with Crippen molar-refractivity contribution in [2.75, 3.05) is 0 Å². The summed E-state index contributed by atoms with van der Waals surface area (Å²) in [6.45, 7) is 9.66. The average molecular weight is 298 g/mol. The van der Waals surface area contributed by atoms with Crippen LogP contribution in [0.25, 0.3) is 0 Å². The summed E-state index contributed by atoms with van der Waals surface area (Å²) in [5.74, 6) is 0.897. The van der Waals surface area contributed by atoms with E-state index in [0.717, 1.165) is 10.3 Å². The van der Waals surface area contributed by atoms with Gasteiger partial charge in [-0.3, -0.25) is 0 Å². The molecule has 0 radical (unpaired) electrons. The van der Waals surface area contributed by atoms with Crippen LogP contribution in [0.5, 0.6) is 0 Å². The van der Waals surface area contributed by atoms with Crippen LogP contribution in [0.1, 0.15) is 57.9 Å². The molecule has 106 valence electrons. The van der Waals surface area contributed by atoms with E-state index in [0.29, 0.717) is 22.9 Å². The van der Waals surface area contributed by atoms with Gasteiger partial charge in [0.15, 0.2) is 0 Å². The third-order valence-corrected chi connectivity index (χ3v) is 7.12. The van der Waals surface area contributed by atoms with Crippen molar-refractivity contribution in [1.82, 2.24) is 5.32 Å². The Labute approximate surface area is 125 Å². The molecule has 2 aliphatic rings. The first-order valence-corrected chi connectivity index (χ1v) is 8.54. The number of thiophene rings is 1. The molecule has 1 aromatic heterocycles. The van der Waals surface area contributed by atoms with E-state index in [2.05, 4.69) is 39.1 Å². The number of fused-ring (bicyclic) bond motifs is 2. The SMILES string of the molecule is CC(NC1C2(C)CCC(C2)C1(C)C)c1ccc(Cl)s1. The highest BCUT2D eigenvalue weighted by atomic mass is 35.5. The number of hydrogen-bond acceptors (Lipinski definition) is 2. The molecule has 2 saturated carbocycles. The van der Waals surface area contributed by atoms with Crippen molar-refractivity contribution in [3.63, 3.8) is 0 Å². The molecule has 1 heterocycles. The standard InChI is InChI=1S/C16H24ClNS/c1-10(12-5-6-13(17)19-12)18-14-15(2,3)11-7-8-16(14,4)9-11/h5-6,10-11,14,18H,7-9H2,1-4H3. The number of nitrogens with one attached hydrogen (secondary N) is 1. The van der Waals surface area contributed by atoms with Crippen LogP contribution in [-0.4, -0.2) is 6.04 Å². The van der Waals surface area contributed by atoms with Gasteiger partial charge in [0.1, 0.15) is 0 Å². The monoisotopic (exact) mass is 297 g/mol. The maximum Gasteiger partial charge on any atom is 0.0931 e. The van der Waals surface area contributed by atoms with Crippen molar-refractivity contribution in [3.05, 3.63) is 21.3 Å². The lowest BCUT2D eigenvalue weighted by Gasteiger charge is -2.44. The molecule has 1 aromatic rings. The lowest BCUT2D eigenvalue weighted by atomic mass is 9.68. The molecule has 2 bridgehead atoms. The summed E-state index contributed by atoms with van der Waals surface area (Å²) in [6, 6.07) is 5.19. The molecular formula is C16H24ClNS. The molecule has 3 heteroatoms. The maximum atomic E-state index is 6.06. The van der Waals surface area contributed by atoms with Crippen LogP contribution in [0.4, 0.5) is 0 Å². The highest BCUT2D eigenvalue weighted by Crippen LogP contribution is 2.62. The van der Waals surface area contributed by atoms with Gasteiger partial charge >= 0.3 is 0 Å². The van der Waals surface area contributed by atoms with Crippen LogP contribution in [0, 0.1) is 16.7 Å². The predicted octanol–water partition coefficient (Wildman–Crippen LogP) is 5.27. The van der Waals surface area contributed by atoms with E-state index in [1.165, 1.54) is 24.1 Å². The van der Waals surface area contributed by atoms with Crippen molar-refractivity contribution >= 4 is 22.9 Å². The summed E-state index contributed by atoms with van der Waals surface area (Å²) in [5, 5.41) is 3.92. The largest absolute Gasteiger partial charge is 0.306 e. The average Bonchev–Trinajstić information content (AvgIpc) is 2.96. The number of hydrogen-bond donors (Lipinski definition) is 1. The Kier molecular flexibility index (Phi) is 3.28. The summed E-state index contributed by atoms with van der Waals surface area (Å²) < 4.78 is 0.891. The smallest absolute Gasteiger partial charge is 0.0931 e. The fourth-order valence-corrected chi connectivity index (χ4v) is 5.68. The normalized spacial score (nSPS) is 37.7. The lowest BCUT2D eigenvalue weighted by molar-refractivity contribution is 0.101. The van der Waals surface area contributed by atoms with E-state index >= 15 is 0 Å². The van der Waals surface area contributed by atoms with Gasteiger partial charge in [-0.2, -0.15) is 0 Å².